The van der Waals surface area contributed by atoms with E-state index in [4.69, 9.17) is 4.74 Å². The summed E-state index contributed by atoms with van der Waals surface area (Å²) in [5.41, 5.74) is 2.37. The van der Waals surface area contributed by atoms with Gasteiger partial charge in [-0.2, -0.15) is 0 Å². The van der Waals surface area contributed by atoms with Crippen molar-refractivity contribution in [2.75, 3.05) is 16.8 Å². The van der Waals surface area contributed by atoms with Gasteiger partial charge in [-0.1, -0.05) is 59.3 Å². The fraction of sp³-hybridized carbons (Fsp3) is 0.417. The summed E-state index contributed by atoms with van der Waals surface area (Å²) in [7, 11) is -3.52. The molecule has 254 valence electrons. The highest BCUT2D eigenvalue weighted by Gasteiger charge is 2.67. The first kappa shape index (κ1) is 34.4. The smallest absolute Gasteiger partial charge is 0.264 e. The molecule has 0 radical (unpaired) electrons. The van der Waals surface area contributed by atoms with Crippen LogP contribution in [-0.2, 0) is 44.2 Å². The largest absolute Gasteiger partial charge is 0.394 e. The number of ether oxygens (including phenoxy) is 1. The highest BCUT2D eigenvalue weighted by Crippen LogP contribution is 2.60. The molecule has 0 saturated carbocycles. The summed E-state index contributed by atoms with van der Waals surface area (Å²) in [5, 5.41) is 22.5. The zero-order valence-electron chi connectivity index (χ0n) is 27.5. The Labute approximate surface area is 289 Å². The van der Waals surface area contributed by atoms with Gasteiger partial charge in [-0.05, 0) is 73.5 Å². The molecular formula is C36H41BrFN3O6Si. The number of rotatable bonds is 8. The highest BCUT2D eigenvalue weighted by atomic mass is 79.9. The number of carbonyl (C=O) groups excluding carboxylic acids is 3. The molecule has 3 aliphatic rings. The molecule has 1 spiro atoms. The average Bonchev–Trinajstić information content (AvgIpc) is 3.46. The van der Waals surface area contributed by atoms with Crippen LogP contribution in [-0.4, -0.2) is 66.1 Å². The number of aliphatic hydroxyl groups is 2. The van der Waals surface area contributed by atoms with Gasteiger partial charge in [0.05, 0.1) is 37.4 Å². The molecule has 3 aromatic carbocycles. The first-order valence-electron chi connectivity index (χ1n) is 16.3. The predicted molar refractivity (Wildman–Crippen MR) is 186 cm³/mol. The van der Waals surface area contributed by atoms with Crippen LogP contribution in [0, 0.1) is 5.92 Å². The number of fused-ring (bicyclic) bond motifs is 3. The highest BCUT2D eigenvalue weighted by molar-refractivity contribution is 9.10. The van der Waals surface area contributed by atoms with Gasteiger partial charge in [0.2, 0.25) is 14.3 Å². The van der Waals surface area contributed by atoms with Crippen molar-refractivity contribution in [3.63, 3.8) is 0 Å². The molecule has 3 heterocycles. The molecule has 6 atom stereocenters. The second kappa shape index (κ2) is 13.1. The van der Waals surface area contributed by atoms with Gasteiger partial charge in [-0.15, -0.1) is 0 Å². The number of nitrogens with one attached hydrogen (secondary N) is 1. The Morgan fingerprint density at radius 3 is 2.54 bits per heavy atom. The molecule has 3 N–H and O–H groups in total. The minimum Gasteiger partial charge on any atom is -0.394 e. The third-order valence-electron chi connectivity index (χ3n) is 10.1. The van der Waals surface area contributed by atoms with Crippen molar-refractivity contribution >= 4 is 53.4 Å². The topological polar surface area (TPSA) is 119 Å². The minimum atomic E-state index is -3.52. The van der Waals surface area contributed by atoms with Gasteiger partial charge in [-0.3, -0.25) is 14.4 Å². The second-order valence-corrected chi connectivity index (χ2v) is 18.4. The zero-order valence-corrected chi connectivity index (χ0v) is 30.0. The summed E-state index contributed by atoms with van der Waals surface area (Å²) in [5.74, 6) is -1.70. The number of nitrogens with zero attached hydrogens (tertiary/aromatic N) is 2. The van der Waals surface area contributed by atoms with Gasteiger partial charge in [0, 0.05) is 33.7 Å². The van der Waals surface area contributed by atoms with Gasteiger partial charge >= 0.3 is 0 Å². The maximum Gasteiger partial charge on any atom is 0.264 e. The van der Waals surface area contributed by atoms with E-state index < -0.39 is 49.6 Å². The summed E-state index contributed by atoms with van der Waals surface area (Å²) in [6, 6.07) is 20.0. The second-order valence-electron chi connectivity index (χ2n) is 13.7. The molecule has 12 heteroatoms. The van der Waals surface area contributed by atoms with Crippen LogP contribution in [0.3, 0.4) is 0 Å². The van der Waals surface area contributed by atoms with Crippen molar-refractivity contribution in [2.45, 2.75) is 82.3 Å². The Bertz CT molecular complexity index is 1750. The minimum absolute atomic E-state index is 0.114. The number of benzene rings is 3. The van der Waals surface area contributed by atoms with Crippen LogP contribution in [0.5, 0.6) is 0 Å². The Kier molecular flexibility index (Phi) is 9.42. The van der Waals surface area contributed by atoms with Crippen molar-refractivity contribution < 1.29 is 33.4 Å². The van der Waals surface area contributed by atoms with E-state index in [2.05, 4.69) is 21.2 Å². The number of carbonyl (C=O) groups is 3. The number of hydrogen-bond acceptors (Lipinski definition) is 6. The van der Waals surface area contributed by atoms with Crippen LogP contribution in [0.1, 0.15) is 42.5 Å². The number of amides is 3. The third kappa shape index (κ3) is 6.13. The lowest BCUT2D eigenvalue weighted by Crippen LogP contribution is -2.48. The Morgan fingerprint density at radius 2 is 1.85 bits per heavy atom. The normalized spacial score (nSPS) is 25.6. The van der Waals surface area contributed by atoms with E-state index in [0.717, 1.165) is 21.2 Å². The van der Waals surface area contributed by atoms with Crippen LogP contribution in [0.4, 0.5) is 15.5 Å². The Morgan fingerprint density at radius 1 is 1.12 bits per heavy atom. The van der Waals surface area contributed by atoms with Crippen LogP contribution < -0.4 is 10.2 Å². The molecule has 6 rings (SSSR count). The van der Waals surface area contributed by atoms with E-state index in [9.17, 15) is 24.6 Å². The number of halogens is 2. The van der Waals surface area contributed by atoms with Crippen molar-refractivity contribution in [1.29, 1.82) is 0 Å². The molecule has 0 aliphatic carbocycles. The van der Waals surface area contributed by atoms with Crippen molar-refractivity contribution in [1.82, 2.24) is 4.90 Å². The first-order chi connectivity index (χ1) is 22.7. The van der Waals surface area contributed by atoms with Crippen LogP contribution >= 0.6 is 15.9 Å². The van der Waals surface area contributed by atoms with Crippen LogP contribution in [0.25, 0.3) is 0 Å². The predicted octanol–water partition coefficient (Wildman–Crippen LogP) is 5.43. The molecular weight excluding hydrogens is 697 g/mol. The van der Waals surface area contributed by atoms with E-state index in [0.29, 0.717) is 29.9 Å². The van der Waals surface area contributed by atoms with E-state index in [1.165, 1.54) is 6.92 Å². The van der Waals surface area contributed by atoms with E-state index in [1.54, 1.807) is 41.1 Å². The maximum absolute atomic E-state index is 16.4. The molecule has 3 aromatic rings. The lowest BCUT2D eigenvalue weighted by molar-refractivity contribution is -0.151. The summed E-state index contributed by atoms with van der Waals surface area (Å²) in [6.07, 6.45) is -1.63. The van der Waals surface area contributed by atoms with Crippen molar-refractivity contribution in [2.24, 2.45) is 5.92 Å². The first-order valence-corrected chi connectivity index (χ1v) is 20.0. The Balaban J connectivity index is 1.33. The fourth-order valence-corrected chi connectivity index (χ4v) is 10.7. The van der Waals surface area contributed by atoms with Gasteiger partial charge in [0.1, 0.15) is 6.10 Å². The molecule has 48 heavy (non-hydrogen) atoms. The van der Waals surface area contributed by atoms with Gasteiger partial charge in [0.15, 0.2) is 5.60 Å². The maximum atomic E-state index is 16.4. The molecule has 3 aliphatic heterocycles. The summed E-state index contributed by atoms with van der Waals surface area (Å²) in [4.78, 5) is 44.2. The molecule has 1 fully saturated rings. The van der Waals surface area contributed by atoms with Crippen LogP contribution in [0.15, 0.2) is 71.2 Å². The fourth-order valence-electron chi connectivity index (χ4n) is 7.89. The lowest BCUT2D eigenvalue weighted by Gasteiger charge is -2.37. The number of anilines is 2. The molecule has 0 bridgehead atoms. The molecule has 3 amide bonds. The van der Waals surface area contributed by atoms with Gasteiger partial charge in [0.25, 0.3) is 11.8 Å². The SMILES string of the molecule is C[C@H](O)C(=O)Nc1cccc(CN2C(=O)[C@@]3(O[C@@H](CC(=O)N4Cc5ccccc5C[C@H]4CO)[C@H]([Si](C)(C)F)[C@H]3C)c3cc(Br)ccc32)c1. The lowest BCUT2D eigenvalue weighted by atomic mass is 9.82. The van der Waals surface area contributed by atoms with Crippen molar-refractivity contribution in [3.05, 3.63) is 93.5 Å². The van der Waals surface area contributed by atoms with E-state index in [-0.39, 0.29) is 31.4 Å². The Hall–Kier alpha value is -3.42. The average molecular weight is 739 g/mol. The van der Waals surface area contributed by atoms with Gasteiger partial charge < -0.3 is 34.2 Å². The molecule has 0 unspecified atom stereocenters. The summed E-state index contributed by atoms with van der Waals surface area (Å²) >= 11 is 3.56. The van der Waals surface area contributed by atoms with E-state index >= 15 is 4.11 Å². The number of hydrogen-bond donors (Lipinski definition) is 3. The standard InChI is InChI=1S/C36H41BrFN3O6Si/c1-21-33(48(3,4)38)31(17-32(44)40-19-25-10-6-5-9-24(25)15-28(40)20-42)47-36(21)29-16-26(37)12-13-30(29)41(35(36)46)18-23-8-7-11-27(14-23)39-34(45)22(2)43/h5-14,16,21-22,28,31,33,42-43H,15,17-20H2,1-4H3,(H,39,45)/t21-,22+,28+,31+,33-,36+/m1/s1. The van der Waals surface area contributed by atoms with Gasteiger partial charge in [-0.25, -0.2) is 0 Å². The van der Waals surface area contributed by atoms with Crippen molar-refractivity contribution in [3.8, 4) is 0 Å². The summed E-state index contributed by atoms with van der Waals surface area (Å²) < 4.78 is 24.0. The quantitative estimate of drug-likeness (QED) is 0.210. The summed E-state index contributed by atoms with van der Waals surface area (Å²) in [6.45, 7) is 6.74. The number of aliphatic hydroxyl groups excluding tert-OH is 2. The molecule has 9 nitrogen and oxygen atoms in total. The third-order valence-corrected chi connectivity index (χ3v) is 13.1. The molecule has 1 saturated heterocycles. The van der Waals surface area contributed by atoms with E-state index in [1.807, 2.05) is 55.5 Å². The van der Waals surface area contributed by atoms with Crippen LogP contribution in [0.2, 0.25) is 18.6 Å². The zero-order chi connectivity index (χ0) is 34.5. The monoisotopic (exact) mass is 737 g/mol. The molecule has 0 aromatic heterocycles.